The number of amides is 1. The first-order valence-corrected chi connectivity index (χ1v) is 6.54. The zero-order chi connectivity index (χ0) is 13.7. The molecule has 0 spiro atoms. The lowest BCUT2D eigenvalue weighted by Crippen LogP contribution is -2.27. The van der Waals surface area contributed by atoms with Crippen LogP contribution in [0.2, 0.25) is 0 Å². The van der Waals surface area contributed by atoms with Crippen molar-refractivity contribution in [3.8, 4) is 5.75 Å². The lowest BCUT2D eigenvalue weighted by atomic mass is 10.1. The van der Waals surface area contributed by atoms with Crippen molar-refractivity contribution in [3.05, 3.63) is 23.8 Å². The van der Waals surface area contributed by atoms with Crippen LogP contribution in [0, 0.1) is 0 Å². The molecule has 0 saturated carbocycles. The molecule has 0 bridgehead atoms. The summed E-state index contributed by atoms with van der Waals surface area (Å²) in [7, 11) is 1.53. The van der Waals surface area contributed by atoms with E-state index in [4.69, 9.17) is 15.2 Å². The van der Waals surface area contributed by atoms with E-state index in [0.717, 1.165) is 25.9 Å². The minimum absolute atomic E-state index is 0.115. The number of hydrogen-bond acceptors (Lipinski definition) is 4. The van der Waals surface area contributed by atoms with E-state index in [-0.39, 0.29) is 5.91 Å². The van der Waals surface area contributed by atoms with Gasteiger partial charge in [0.15, 0.2) is 0 Å². The summed E-state index contributed by atoms with van der Waals surface area (Å²) in [6, 6.07) is 5.02. The fraction of sp³-hybridized carbons (Fsp3) is 0.500. The second kappa shape index (κ2) is 6.43. The first-order valence-electron chi connectivity index (χ1n) is 6.54. The molecule has 1 heterocycles. The molecular formula is C14H20N2O3. The van der Waals surface area contributed by atoms with Crippen molar-refractivity contribution in [1.29, 1.82) is 0 Å². The average molecular weight is 264 g/mol. The van der Waals surface area contributed by atoms with Crippen LogP contribution in [0.3, 0.4) is 0 Å². The number of nitrogens with one attached hydrogen (secondary N) is 1. The van der Waals surface area contributed by atoms with Crippen molar-refractivity contribution >= 4 is 11.6 Å². The van der Waals surface area contributed by atoms with Gasteiger partial charge in [0.1, 0.15) is 5.75 Å². The molecule has 2 rings (SSSR count). The van der Waals surface area contributed by atoms with Crippen LogP contribution in [0.25, 0.3) is 0 Å². The van der Waals surface area contributed by atoms with E-state index in [1.54, 1.807) is 18.2 Å². The van der Waals surface area contributed by atoms with Crippen LogP contribution in [0.15, 0.2) is 18.2 Å². The maximum atomic E-state index is 11.9. The average Bonchev–Trinajstić information content (AvgIpc) is 2.92. The maximum absolute atomic E-state index is 11.9. The number of anilines is 1. The number of benzene rings is 1. The van der Waals surface area contributed by atoms with Crippen molar-refractivity contribution in [2.24, 2.45) is 0 Å². The van der Waals surface area contributed by atoms with E-state index in [2.05, 4.69) is 5.32 Å². The molecule has 1 aromatic carbocycles. The Hall–Kier alpha value is -1.75. The highest BCUT2D eigenvalue weighted by Crippen LogP contribution is 2.22. The van der Waals surface area contributed by atoms with Gasteiger partial charge in [-0.25, -0.2) is 0 Å². The van der Waals surface area contributed by atoms with Crippen LogP contribution in [-0.4, -0.2) is 32.3 Å². The molecule has 5 nitrogen and oxygen atoms in total. The van der Waals surface area contributed by atoms with Gasteiger partial charge in [0.25, 0.3) is 5.91 Å². The Morgan fingerprint density at radius 2 is 2.42 bits per heavy atom. The van der Waals surface area contributed by atoms with Gasteiger partial charge in [-0.15, -0.1) is 0 Å². The molecule has 104 valence electrons. The molecule has 1 aliphatic rings. The third-order valence-corrected chi connectivity index (χ3v) is 3.27. The highest BCUT2D eigenvalue weighted by atomic mass is 16.5. The summed E-state index contributed by atoms with van der Waals surface area (Å²) in [6.07, 6.45) is 3.36. The van der Waals surface area contributed by atoms with Crippen molar-refractivity contribution in [3.63, 3.8) is 0 Å². The molecule has 19 heavy (non-hydrogen) atoms. The van der Waals surface area contributed by atoms with Gasteiger partial charge in [-0.3, -0.25) is 4.79 Å². The zero-order valence-corrected chi connectivity index (χ0v) is 11.1. The van der Waals surface area contributed by atoms with E-state index >= 15 is 0 Å². The Kier molecular flexibility index (Phi) is 4.63. The molecule has 0 aromatic heterocycles. The van der Waals surface area contributed by atoms with E-state index < -0.39 is 0 Å². The molecule has 1 aliphatic heterocycles. The number of methoxy groups -OCH3 is 1. The normalized spacial score (nSPS) is 18.3. The summed E-state index contributed by atoms with van der Waals surface area (Å²) >= 11 is 0. The minimum Gasteiger partial charge on any atom is -0.495 e. The third-order valence-electron chi connectivity index (χ3n) is 3.27. The van der Waals surface area contributed by atoms with Gasteiger partial charge in [-0.1, -0.05) is 0 Å². The van der Waals surface area contributed by atoms with Gasteiger partial charge >= 0.3 is 0 Å². The molecule has 5 heteroatoms. The number of hydrogen-bond donors (Lipinski definition) is 2. The highest BCUT2D eigenvalue weighted by Gasteiger charge is 2.15. The summed E-state index contributed by atoms with van der Waals surface area (Å²) in [5, 5.41) is 2.88. The van der Waals surface area contributed by atoms with Crippen molar-refractivity contribution in [1.82, 2.24) is 5.32 Å². The Morgan fingerprint density at radius 1 is 1.58 bits per heavy atom. The van der Waals surface area contributed by atoms with Gasteiger partial charge in [0.2, 0.25) is 0 Å². The summed E-state index contributed by atoms with van der Waals surface area (Å²) in [6.45, 7) is 1.46. The number of nitrogen functional groups attached to an aromatic ring is 1. The molecule has 1 unspecified atom stereocenters. The quantitative estimate of drug-likeness (QED) is 0.792. The number of carbonyl (C=O) groups is 1. The molecule has 1 aromatic rings. The second-order valence-corrected chi connectivity index (χ2v) is 4.64. The van der Waals surface area contributed by atoms with Gasteiger partial charge in [0, 0.05) is 18.7 Å². The topological polar surface area (TPSA) is 73.6 Å². The predicted octanol–water partition coefficient (Wildman–Crippen LogP) is 1.58. The Balaban J connectivity index is 1.85. The zero-order valence-electron chi connectivity index (χ0n) is 11.1. The Morgan fingerprint density at radius 3 is 3.11 bits per heavy atom. The Labute approximate surface area is 113 Å². The monoisotopic (exact) mass is 264 g/mol. The lowest BCUT2D eigenvalue weighted by molar-refractivity contribution is 0.0907. The summed E-state index contributed by atoms with van der Waals surface area (Å²) in [5.41, 5.74) is 6.79. The largest absolute Gasteiger partial charge is 0.495 e. The fourth-order valence-corrected chi connectivity index (χ4v) is 2.17. The first kappa shape index (κ1) is 13.7. The van der Waals surface area contributed by atoms with Crippen molar-refractivity contribution in [2.45, 2.75) is 25.4 Å². The lowest BCUT2D eigenvalue weighted by Gasteiger charge is -2.11. The van der Waals surface area contributed by atoms with Gasteiger partial charge < -0.3 is 20.5 Å². The highest BCUT2D eigenvalue weighted by molar-refractivity contribution is 5.95. The van der Waals surface area contributed by atoms with Crippen molar-refractivity contribution in [2.75, 3.05) is 26.0 Å². The number of ether oxygens (including phenoxy) is 2. The molecule has 0 radical (unpaired) electrons. The summed E-state index contributed by atoms with van der Waals surface area (Å²) in [4.78, 5) is 11.9. The molecule has 1 amide bonds. The van der Waals surface area contributed by atoms with Crippen LogP contribution in [0.1, 0.15) is 29.6 Å². The van der Waals surface area contributed by atoms with Gasteiger partial charge in [-0.05, 0) is 37.5 Å². The second-order valence-electron chi connectivity index (χ2n) is 4.64. The summed E-state index contributed by atoms with van der Waals surface area (Å²) in [5.74, 6) is 0.406. The number of nitrogens with two attached hydrogens (primary N) is 1. The van der Waals surface area contributed by atoms with E-state index in [1.165, 1.54) is 7.11 Å². The molecular weight excluding hydrogens is 244 g/mol. The predicted molar refractivity (Wildman–Crippen MR) is 73.3 cm³/mol. The Bertz CT molecular complexity index is 442. The maximum Gasteiger partial charge on any atom is 0.251 e. The smallest absolute Gasteiger partial charge is 0.251 e. The fourth-order valence-electron chi connectivity index (χ4n) is 2.17. The standard InChI is InChI=1S/C14H20N2O3/c1-18-13-9-10(4-5-12(13)15)14(17)16-7-6-11-3-2-8-19-11/h4-5,9,11H,2-3,6-8,15H2,1H3,(H,16,17). The first-order chi connectivity index (χ1) is 9.20. The minimum atomic E-state index is -0.115. The van der Waals surface area contributed by atoms with Crippen LogP contribution in [0.5, 0.6) is 5.75 Å². The van der Waals surface area contributed by atoms with E-state index in [9.17, 15) is 4.79 Å². The van der Waals surface area contributed by atoms with Gasteiger partial charge in [-0.2, -0.15) is 0 Å². The van der Waals surface area contributed by atoms with E-state index in [0.29, 0.717) is 29.6 Å². The summed E-state index contributed by atoms with van der Waals surface area (Å²) < 4.78 is 10.6. The number of rotatable bonds is 5. The van der Waals surface area contributed by atoms with Crippen LogP contribution in [0.4, 0.5) is 5.69 Å². The van der Waals surface area contributed by atoms with Crippen LogP contribution < -0.4 is 15.8 Å². The third kappa shape index (κ3) is 3.61. The van der Waals surface area contributed by atoms with Crippen LogP contribution in [-0.2, 0) is 4.74 Å². The van der Waals surface area contributed by atoms with Gasteiger partial charge in [0.05, 0.1) is 18.9 Å². The number of carbonyl (C=O) groups excluding carboxylic acids is 1. The molecule has 1 saturated heterocycles. The van der Waals surface area contributed by atoms with Crippen molar-refractivity contribution < 1.29 is 14.3 Å². The molecule has 1 atom stereocenters. The molecule has 1 fully saturated rings. The van der Waals surface area contributed by atoms with E-state index in [1.807, 2.05) is 0 Å². The SMILES string of the molecule is COc1cc(C(=O)NCCC2CCCO2)ccc1N. The van der Waals surface area contributed by atoms with Crippen LogP contribution >= 0.6 is 0 Å². The molecule has 3 N–H and O–H groups in total. The molecule has 0 aliphatic carbocycles.